The lowest BCUT2D eigenvalue weighted by atomic mass is 10.2. The first-order chi connectivity index (χ1) is 11.1. The van der Waals surface area contributed by atoms with E-state index in [1.54, 1.807) is 29.4 Å². The Hall–Kier alpha value is -0.815. The summed E-state index contributed by atoms with van der Waals surface area (Å²) in [6.45, 7) is 5.34. The van der Waals surface area contributed by atoms with Gasteiger partial charge in [0.1, 0.15) is 5.94 Å². The fourth-order valence-corrected chi connectivity index (χ4v) is 2.82. The molecule has 0 saturated heterocycles. The molecule has 0 saturated carbocycles. The van der Waals surface area contributed by atoms with Gasteiger partial charge in [-0.3, -0.25) is 14.9 Å². The minimum Gasteiger partial charge on any atom is -0.378 e. The van der Waals surface area contributed by atoms with Gasteiger partial charge in [0.25, 0.3) is 0 Å². The minimum absolute atomic E-state index is 0.00805. The third-order valence-electron chi connectivity index (χ3n) is 2.30. The largest absolute Gasteiger partial charge is 0.378 e. The molecule has 0 spiro atoms. The molecule has 0 aliphatic rings. The highest BCUT2D eigenvalue weighted by molar-refractivity contribution is 8.76. The van der Waals surface area contributed by atoms with Crippen molar-refractivity contribution in [2.75, 3.05) is 31.5 Å². The lowest BCUT2D eigenvalue weighted by Gasteiger charge is -2.08. The van der Waals surface area contributed by atoms with Crippen molar-refractivity contribution >= 4 is 41.2 Å². The Morgan fingerprint density at radius 1 is 1.17 bits per heavy atom. The Kier molecular flexibility index (Phi) is 15.5. The van der Waals surface area contributed by atoms with Crippen molar-refractivity contribution in [2.24, 2.45) is 0 Å². The van der Waals surface area contributed by atoms with Gasteiger partial charge < -0.3 is 14.8 Å². The van der Waals surface area contributed by atoms with E-state index in [2.05, 4.69) is 22.5 Å². The van der Waals surface area contributed by atoms with Crippen molar-refractivity contribution in [2.45, 2.75) is 32.8 Å². The van der Waals surface area contributed by atoms with E-state index in [-0.39, 0.29) is 17.9 Å². The summed E-state index contributed by atoms with van der Waals surface area (Å²) >= 11 is 0. The van der Waals surface area contributed by atoms with Gasteiger partial charge in [0.05, 0.1) is 25.7 Å². The van der Waals surface area contributed by atoms with Crippen LogP contribution in [-0.2, 0) is 19.1 Å². The molecule has 130 valence electrons. The standard InChI is InChI=1S/C14H25BN2O4S2/c1-12(2)21-9-4-14(19)17-7-10-22-23-11-20-8-3-13(18)16-6-5-15/h12H,3-4,7-11,15H2,1-2H3,(H,16,18)(H,17,19). The summed E-state index contributed by atoms with van der Waals surface area (Å²) in [6.07, 6.45) is 0.846. The van der Waals surface area contributed by atoms with Crippen LogP contribution in [0.3, 0.4) is 0 Å². The fraction of sp³-hybridized carbons (Fsp3) is 0.714. The first-order valence-corrected chi connectivity index (χ1v) is 9.96. The number of hydrogen-bond acceptors (Lipinski definition) is 6. The van der Waals surface area contributed by atoms with Crippen LogP contribution in [0.2, 0.25) is 0 Å². The summed E-state index contributed by atoms with van der Waals surface area (Å²) in [7, 11) is 4.83. The number of carbonyl (C=O) groups excluding carboxylic acids is 2. The molecule has 6 nitrogen and oxygen atoms in total. The van der Waals surface area contributed by atoms with Gasteiger partial charge in [-0.2, -0.15) is 0 Å². The molecule has 0 aromatic rings. The van der Waals surface area contributed by atoms with Crippen LogP contribution in [0.15, 0.2) is 0 Å². The second-order valence-electron chi connectivity index (χ2n) is 4.66. The Morgan fingerprint density at radius 2 is 1.91 bits per heavy atom. The van der Waals surface area contributed by atoms with Gasteiger partial charge in [-0.25, -0.2) is 0 Å². The summed E-state index contributed by atoms with van der Waals surface area (Å²) in [5.74, 6) is 3.77. The van der Waals surface area contributed by atoms with Gasteiger partial charge in [-0.05, 0) is 19.9 Å². The van der Waals surface area contributed by atoms with Crippen LogP contribution in [0.25, 0.3) is 0 Å². The van der Waals surface area contributed by atoms with Crippen molar-refractivity contribution < 1.29 is 19.1 Å². The van der Waals surface area contributed by atoms with Crippen molar-refractivity contribution in [1.29, 1.82) is 0 Å². The maximum atomic E-state index is 11.5. The van der Waals surface area contributed by atoms with Crippen molar-refractivity contribution in [3.63, 3.8) is 0 Å². The molecule has 0 rings (SSSR count). The molecule has 0 radical (unpaired) electrons. The zero-order valence-electron chi connectivity index (χ0n) is 14.0. The topological polar surface area (TPSA) is 76.7 Å². The summed E-state index contributed by atoms with van der Waals surface area (Å²) < 4.78 is 10.6. The zero-order chi connectivity index (χ0) is 17.3. The summed E-state index contributed by atoms with van der Waals surface area (Å²) in [4.78, 5) is 22.7. The maximum Gasteiger partial charge on any atom is 0.233 e. The normalized spacial score (nSPS) is 10.0. The molecule has 2 amide bonds. The summed E-state index contributed by atoms with van der Waals surface area (Å²) in [6, 6.07) is 2.49. The fourth-order valence-electron chi connectivity index (χ4n) is 1.25. The molecule has 0 aliphatic carbocycles. The monoisotopic (exact) mass is 360 g/mol. The zero-order valence-corrected chi connectivity index (χ0v) is 15.6. The van der Waals surface area contributed by atoms with E-state index in [1.807, 2.05) is 13.8 Å². The smallest absolute Gasteiger partial charge is 0.233 e. The first kappa shape index (κ1) is 22.2. The molecule has 23 heavy (non-hydrogen) atoms. The number of nitrogens with one attached hydrogen (secondary N) is 2. The van der Waals surface area contributed by atoms with Crippen LogP contribution >= 0.6 is 21.6 Å². The van der Waals surface area contributed by atoms with Crippen LogP contribution in [0.5, 0.6) is 0 Å². The average molecular weight is 360 g/mol. The molecule has 0 aliphatic heterocycles. The van der Waals surface area contributed by atoms with E-state index in [0.717, 1.165) is 5.75 Å². The van der Waals surface area contributed by atoms with Gasteiger partial charge in [-0.15, -0.1) is 5.82 Å². The van der Waals surface area contributed by atoms with E-state index < -0.39 is 0 Å². The van der Waals surface area contributed by atoms with Crippen molar-refractivity contribution in [1.82, 2.24) is 10.6 Å². The number of amides is 2. The van der Waals surface area contributed by atoms with E-state index in [9.17, 15) is 9.59 Å². The first-order valence-electron chi connectivity index (χ1n) is 7.47. The Balaban J connectivity index is 3.28. The molecule has 0 heterocycles. The number of hydrogen-bond donors (Lipinski definition) is 2. The highest BCUT2D eigenvalue weighted by Crippen LogP contribution is 2.20. The third-order valence-corrected chi connectivity index (χ3v) is 4.39. The van der Waals surface area contributed by atoms with E-state index >= 15 is 0 Å². The second kappa shape index (κ2) is 16.1. The quantitative estimate of drug-likeness (QED) is 0.123. The van der Waals surface area contributed by atoms with E-state index in [1.165, 1.54) is 0 Å². The minimum atomic E-state index is -0.138. The Morgan fingerprint density at radius 3 is 2.61 bits per heavy atom. The predicted molar refractivity (Wildman–Crippen MR) is 98.7 cm³/mol. The van der Waals surface area contributed by atoms with Crippen LogP contribution in [0, 0.1) is 11.9 Å². The van der Waals surface area contributed by atoms with Crippen LogP contribution in [0.4, 0.5) is 0 Å². The highest BCUT2D eigenvalue weighted by Gasteiger charge is 2.02. The molecule has 0 aromatic heterocycles. The Bertz CT molecular complexity index is 400. The van der Waals surface area contributed by atoms with Crippen LogP contribution in [0.1, 0.15) is 26.7 Å². The molecule has 2 N–H and O–H groups in total. The molecule has 0 bridgehead atoms. The average Bonchev–Trinajstić information content (AvgIpc) is 2.50. The lowest BCUT2D eigenvalue weighted by molar-refractivity contribution is -0.122. The number of rotatable bonds is 13. The summed E-state index contributed by atoms with van der Waals surface area (Å²) in [5, 5.41) is 5.27. The van der Waals surface area contributed by atoms with Gasteiger partial charge in [0.2, 0.25) is 11.8 Å². The highest BCUT2D eigenvalue weighted by atomic mass is 33.1. The van der Waals surface area contributed by atoms with Gasteiger partial charge in [0.15, 0.2) is 7.85 Å². The lowest BCUT2D eigenvalue weighted by Crippen LogP contribution is -2.26. The van der Waals surface area contributed by atoms with Gasteiger partial charge in [0, 0.05) is 18.7 Å². The second-order valence-corrected chi connectivity index (χ2v) is 7.19. The number of carbonyl (C=O) groups is 2. The van der Waals surface area contributed by atoms with Crippen LogP contribution < -0.4 is 10.6 Å². The molecule has 0 atom stereocenters. The van der Waals surface area contributed by atoms with Gasteiger partial charge >= 0.3 is 0 Å². The molecule has 0 aromatic carbocycles. The molecule has 0 unspecified atom stereocenters. The molecular weight excluding hydrogens is 335 g/mol. The van der Waals surface area contributed by atoms with Gasteiger partial charge in [-0.1, -0.05) is 21.6 Å². The third kappa shape index (κ3) is 17.4. The van der Waals surface area contributed by atoms with Crippen molar-refractivity contribution in [3.8, 4) is 11.9 Å². The van der Waals surface area contributed by atoms with E-state index in [0.29, 0.717) is 38.5 Å². The Labute approximate surface area is 147 Å². The van der Waals surface area contributed by atoms with E-state index in [4.69, 9.17) is 9.47 Å². The maximum absolute atomic E-state index is 11.5. The molecule has 9 heteroatoms. The molecule has 0 fully saturated rings. The van der Waals surface area contributed by atoms with Crippen LogP contribution in [-0.4, -0.2) is 57.2 Å². The predicted octanol–water partition coefficient (Wildman–Crippen LogP) is 0.331. The molecular formula is C14H25BN2O4S2. The van der Waals surface area contributed by atoms with Crippen molar-refractivity contribution in [3.05, 3.63) is 0 Å². The SMILES string of the molecule is BC#CNC(=O)CCOCSSCCNC(=O)CCOC(C)C. The number of ether oxygens (including phenoxy) is 2. The summed E-state index contributed by atoms with van der Waals surface area (Å²) in [5.41, 5.74) is 0.